The highest BCUT2D eigenvalue weighted by Gasteiger charge is 2.16. The first-order valence-corrected chi connectivity index (χ1v) is 7.75. The van der Waals surface area contributed by atoms with E-state index in [2.05, 4.69) is 15.1 Å². The summed E-state index contributed by atoms with van der Waals surface area (Å²) in [6, 6.07) is 4.09. The first-order valence-electron chi connectivity index (χ1n) is 7.37. The summed E-state index contributed by atoms with van der Waals surface area (Å²) in [5.41, 5.74) is 6.58. The molecule has 3 rings (SSSR count). The average Bonchev–Trinajstić information content (AvgIpc) is 2.55. The number of halogens is 2. The van der Waals surface area contributed by atoms with E-state index in [0.29, 0.717) is 11.4 Å². The topological polar surface area (TPSA) is 86.7 Å². The molecule has 1 aromatic carbocycles. The highest BCUT2D eigenvalue weighted by atomic mass is 35.5. The molecule has 0 aliphatic carbocycles. The van der Waals surface area contributed by atoms with Crippen molar-refractivity contribution in [2.75, 3.05) is 5.73 Å². The third-order valence-electron chi connectivity index (χ3n) is 3.28. The largest absolute Gasteiger partial charge is 0.379 e. The molecule has 2 aromatic heterocycles. The minimum atomic E-state index is -0.607. The molecule has 2 heterocycles. The summed E-state index contributed by atoms with van der Waals surface area (Å²) >= 11 is 5.75. The third kappa shape index (κ3) is 3.07. The van der Waals surface area contributed by atoms with Crippen molar-refractivity contribution < 1.29 is 4.39 Å². The Morgan fingerprint density at radius 2 is 1.79 bits per heavy atom. The fraction of sp³-hybridized carbons (Fsp3) is 0.250. The summed E-state index contributed by atoms with van der Waals surface area (Å²) in [5.74, 6) is -0.885. The number of fused-ring (bicyclic) bond motifs is 1. The van der Waals surface area contributed by atoms with Crippen LogP contribution in [0.2, 0.25) is 5.02 Å². The Balaban J connectivity index is 0.00000100. The lowest BCUT2D eigenvalue weighted by Crippen LogP contribution is -2.20. The van der Waals surface area contributed by atoms with Gasteiger partial charge in [0.2, 0.25) is 0 Å². The van der Waals surface area contributed by atoms with E-state index in [1.54, 1.807) is 13.8 Å². The minimum absolute atomic E-state index is 0.0462. The molecule has 0 amide bonds. The van der Waals surface area contributed by atoms with Gasteiger partial charge in [-0.1, -0.05) is 25.4 Å². The van der Waals surface area contributed by atoms with E-state index in [0.717, 1.165) is 10.7 Å². The van der Waals surface area contributed by atoms with Crippen LogP contribution in [0.4, 0.5) is 10.2 Å². The van der Waals surface area contributed by atoms with Gasteiger partial charge >= 0.3 is 0 Å². The molecule has 0 aliphatic heterocycles. The van der Waals surface area contributed by atoms with Crippen LogP contribution >= 0.6 is 11.6 Å². The molecule has 0 fully saturated rings. The Bertz CT molecular complexity index is 971. The molecule has 0 saturated carbocycles. The van der Waals surface area contributed by atoms with E-state index in [1.165, 1.54) is 12.1 Å². The number of aromatic nitrogens is 4. The number of nitrogens with zero attached hydrogens (tertiary/aromatic N) is 4. The van der Waals surface area contributed by atoms with Crippen LogP contribution in [0.3, 0.4) is 0 Å². The Kier molecular flexibility index (Phi) is 5.14. The Morgan fingerprint density at radius 3 is 2.42 bits per heavy atom. The second-order valence-corrected chi connectivity index (χ2v) is 5.22. The van der Waals surface area contributed by atoms with E-state index < -0.39 is 11.2 Å². The zero-order chi connectivity index (χ0) is 18.0. The smallest absolute Gasteiger partial charge is 0.251 e. The van der Waals surface area contributed by atoms with Gasteiger partial charge in [0, 0.05) is 5.02 Å². The molecule has 0 atom stereocenters. The second-order valence-electron chi connectivity index (χ2n) is 4.79. The van der Waals surface area contributed by atoms with E-state index in [4.69, 9.17) is 17.3 Å². The van der Waals surface area contributed by atoms with E-state index in [-0.39, 0.29) is 27.7 Å². The van der Waals surface area contributed by atoms with Gasteiger partial charge in [0.15, 0.2) is 17.0 Å². The van der Waals surface area contributed by atoms with Crippen LogP contribution < -0.4 is 11.2 Å². The van der Waals surface area contributed by atoms with Gasteiger partial charge in [-0.2, -0.15) is 0 Å². The van der Waals surface area contributed by atoms with Crippen LogP contribution in [-0.2, 0) is 0 Å². The zero-order valence-corrected chi connectivity index (χ0v) is 14.5. The summed E-state index contributed by atoms with van der Waals surface area (Å²) in [4.78, 5) is 20.6. The van der Waals surface area contributed by atoms with Crippen LogP contribution in [0.25, 0.3) is 16.9 Å². The summed E-state index contributed by atoms with van der Waals surface area (Å²) in [6.45, 7) is 7.47. The summed E-state index contributed by atoms with van der Waals surface area (Å²) in [7, 11) is 0. The van der Waals surface area contributed by atoms with Crippen molar-refractivity contribution in [3.8, 4) is 5.69 Å². The summed E-state index contributed by atoms with van der Waals surface area (Å²) < 4.78 is 15.3. The molecule has 8 heteroatoms. The van der Waals surface area contributed by atoms with Crippen molar-refractivity contribution in [2.24, 2.45) is 0 Å². The molecule has 3 aromatic rings. The molecule has 2 N–H and O–H groups in total. The number of hydrogen-bond donors (Lipinski definition) is 1. The van der Waals surface area contributed by atoms with Gasteiger partial charge in [-0.25, -0.2) is 19.0 Å². The Morgan fingerprint density at radius 1 is 1.17 bits per heavy atom. The maximum absolute atomic E-state index is 14.2. The fourth-order valence-corrected chi connectivity index (χ4v) is 2.19. The van der Waals surface area contributed by atoms with E-state index in [1.807, 2.05) is 13.8 Å². The average molecular weight is 350 g/mol. The van der Waals surface area contributed by atoms with Crippen LogP contribution in [0.5, 0.6) is 0 Å². The molecule has 6 nitrogen and oxygen atoms in total. The number of nitrogen functional groups attached to an aromatic ring is 1. The predicted molar refractivity (Wildman–Crippen MR) is 93.1 cm³/mol. The van der Waals surface area contributed by atoms with Crippen molar-refractivity contribution in [1.29, 1.82) is 0 Å². The fourth-order valence-electron chi connectivity index (χ4n) is 2.03. The standard InChI is InChI=1S/C14H11ClFN5O.C2H6/c1-6-7(2)19-14-11(18-6)12(22)13(17)20-21(14)10-4-3-8(15)5-9(10)16;1-2/h3-5H,1-2H3,(H2,17,20);1-2H3. The molecular weight excluding hydrogens is 333 g/mol. The van der Waals surface area contributed by atoms with Crippen LogP contribution in [0.1, 0.15) is 25.2 Å². The first kappa shape index (κ1) is 17.8. The van der Waals surface area contributed by atoms with E-state index in [9.17, 15) is 9.18 Å². The Labute approximate surface area is 143 Å². The number of nitrogens with two attached hydrogens (primary N) is 1. The normalized spacial score (nSPS) is 10.4. The predicted octanol–water partition coefficient (Wildman–Crippen LogP) is 3.19. The molecule has 0 radical (unpaired) electrons. The number of aryl methyl sites for hydroxylation is 2. The molecule has 0 unspecified atom stereocenters. The maximum Gasteiger partial charge on any atom is 0.251 e. The molecule has 0 aliphatic rings. The maximum atomic E-state index is 14.2. The molecule has 0 bridgehead atoms. The SMILES string of the molecule is CC.Cc1nc2c(=O)c(N)nn(-c3ccc(Cl)cc3F)c2nc1C. The van der Waals surface area contributed by atoms with E-state index >= 15 is 0 Å². The van der Waals surface area contributed by atoms with Gasteiger partial charge in [0.25, 0.3) is 5.43 Å². The highest BCUT2D eigenvalue weighted by Crippen LogP contribution is 2.20. The number of benzene rings is 1. The van der Waals surface area contributed by atoms with Crippen molar-refractivity contribution >= 4 is 28.6 Å². The lowest BCUT2D eigenvalue weighted by Gasteiger charge is -2.11. The number of anilines is 1. The Hall–Kier alpha value is -2.54. The molecule has 126 valence electrons. The molecule has 0 saturated heterocycles. The quantitative estimate of drug-likeness (QED) is 0.729. The lowest BCUT2D eigenvalue weighted by molar-refractivity contribution is 0.611. The summed E-state index contributed by atoms with van der Waals surface area (Å²) in [5, 5.41) is 4.18. The van der Waals surface area contributed by atoms with Gasteiger partial charge in [0.05, 0.1) is 11.4 Å². The number of rotatable bonds is 1. The molecular formula is C16H17ClFN5O. The van der Waals surface area contributed by atoms with Crippen molar-refractivity contribution in [1.82, 2.24) is 19.7 Å². The van der Waals surface area contributed by atoms with Crippen LogP contribution in [0.15, 0.2) is 23.0 Å². The monoisotopic (exact) mass is 349 g/mol. The lowest BCUT2D eigenvalue weighted by atomic mass is 10.3. The van der Waals surface area contributed by atoms with Crippen LogP contribution in [0, 0.1) is 19.7 Å². The molecule has 24 heavy (non-hydrogen) atoms. The van der Waals surface area contributed by atoms with Gasteiger partial charge in [0.1, 0.15) is 11.5 Å². The number of hydrogen-bond acceptors (Lipinski definition) is 5. The third-order valence-corrected chi connectivity index (χ3v) is 3.52. The van der Waals surface area contributed by atoms with Gasteiger partial charge in [-0.05, 0) is 32.0 Å². The van der Waals surface area contributed by atoms with Crippen LogP contribution in [-0.4, -0.2) is 19.7 Å². The minimum Gasteiger partial charge on any atom is -0.379 e. The summed E-state index contributed by atoms with van der Waals surface area (Å²) in [6.07, 6.45) is 0. The van der Waals surface area contributed by atoms with Crippen molar-refractivity contribution in [2.45, 2.75) is 27.7 Å². The molecule has 0 spiro atoms. The first-order chi connectivity index (χ1) is 11.4. The second kappa shape index (κ2) is 6.92. The van der Waals surface area contributed by atoms with Crippen molar-refractivity contribution in [3.63, 3.8) is 0 Å². The van der Waals surface area contributed by atoms with Gasteiger partial charge in [-0.3, -0.25) is 4.79 Å². The zero-order valence-electron chi connectivity index (χ0n) is 13.8. The van der Waals surface area contributed by atoms with Gasteiger partial charge < -0.3 is 5.73 Å². The highest BCUT2D eigenvalue weighted by molar-refractivity contribution is 6.30. The van der Waals surface area contributed by atoms with Crippen molar-refractivity contribution in [3.05, 3.63) is 50.7 Å². The van der Waals surface area contributed by atoms with Gasteiger partial charge in [-0.15, -0.1) is 5.10 Å².